The third-order valence-electron chi connectivity index (χ3n) is 3.62. The Labute approximate surface area is 121 Å². The largest absolute Gasteiger partial charge is 0.486 e. The van der Waals surface area contributed by atoms with Crippen molar-refractivity contribution >= 4 is 0 Å². The molecule has 0 saturated carbocycles. The molecule has 0 bridgehead atoms. The molecule has 2 atom stereocenters. The van der Waals surface area contributed by atoms with Crippen LogP contribution in [0.3, 0.4) is 0 Å². The van der Waals surface area contributed by atoms with Crippen molar-refractivity contribution in [2.24, 2.45) is 0 Å². The quantitative estimate of drug-likeness (QED) is 0.834. The van der Waals surface area contributed by atoms with Crippen molar-refractivity contribution in [2.75, 3.05) is 7.05 Å². The molecule has 0 saturated heterocycles. The Morgan fingerprint density at radius 1 is 1.00 bits per heavy atom. The van der Waals surface area contributed by atoms with E-state index in [4.69, 9.17) is 4.74 Å². The van der Waals surface area contributed by atoms with Crippen molar-refractivity contribution in [1.82, 2.24) is 5.32 Å². The molecule has 0 fully saturated rings. The Morgan fingerprint density at radius 2 is 1.65 bits per heavy atom. The van der Waals surface area contributed by atoms with Crippen LogP contribution in [0.25, 0.3) is 0 Å². The highest BCUT2D eigenvalue weighted by molar-refractivity contribution is 5.36. The monoisotopic (exact) mass is 269 g/mol. The number of para-hydroxylation sites is 1. The molecule has 0 aromatic heterocycles. The lowest BCUT2D eigenvalue weighted by atomic mass is 10.0. The fourth-order valence-electron chi connectivity index (χ4n) is 2.44. The van der Waals surface area contributed by atoms with Crippen molar-refractivity contribution in [3.8, 4) is 5.75 Å². The van der Waals surface area contributed by atoms with E-state index in [9.17, 15) is 0 Å². The smallest absolute Gasteiger partial charge is 0.124 e. The van der Waals surface area contributed by atoms with Crippen LogP contribution >= 0.6 is 0 Å². The molecule has 0 radical (unpaired) electrons. The first kappa shape index (κ1) is 14.6. The summed E-state index contributed by atoms with van der Waals surface area (Å²) in [6.07, 6.45) is 1.09. The summed E-state index contributed by atoms with van der Waals surface area (Å²) in [6, 6.07) is 18.9. The molecule has 20 heavy (non-hydrogen) atoms. The van der Waals surface area contributed by atoms with Crippen LogP contribution in [-0.2, 0) is 0 Å². The number of rotatable bonds is 6. The van der Waals surface area contributed by atoms with Gasteiger partial charge < -0.3 is 10.1 Å². The first-order chi connectivity index (χ1) is 9.76. The van der Waals surface area contributed by atoms with Gasteiger partial charge in [0.2, 0.25) is 0 Å². The van der Waals surface area contributed by atoms with Gasteiger partial charge in [-0.2, -0.15) is 0 Å². The van der Waals surface area contributed by atoms with Gasteiger partial charge in [-0.05, 0) is 32.0 Å². The minimum absolute atomic E-state index is 0.0479. The van der Waals surface area contributed by atoms with Crippen molar-refractivity contribution in [3.05, 3.63) is 65.7 Å². The van der Waals surface area contributed by atoms with E-state index in [1.54, 1.807) is 0 Å². The topological polar surface area (TPSA) is 21.3 Å². The minimum Gasteiger partial charge on any atom is -0.486 e. The zero-order chi connectivity index (χ0) is 14.4. The summed E-state index contributed by atoms with van der Waals surface area (Å²) < 4.78 is 6.18. The second-order valence-electron chi connectivity index (χ2n) is 4.96. The van der Waals surface area contributed by atoms with Crippen LogP contribution < -0.4 is 10.1 Å². The van der Waals surface area contributed by atoms with Gasteiger partial charge >= 0.3 is 0 Å². The van der Waals surface area contributed by atoms with E-state index in [2.05, 4.69) is 49.5 Å². The number of hydrogen-bond donors (Lipinski definition) is 1. The zero-order valence-electron chi connectivity index (χ0n) is 12.5. The molecule has 0 aliphatic rings. The number of nitrogens with one attached hydrogen (secondary N) is 1. The highest BCUT2D eigenvalue weighted by atomic mass is 16.5. The predicted molar refractivity (Wildman–Crippen MR) is 84.0 cm³/mol. The molecule has 2 aromatic rings. The Bertz CT molecular complexity index is 520. The van der Waals surface area contributed by atoms with E-state index in [1.165, 1.54) is 11.1 Å². The molecule has 2 aromatic carbocycles. The summed E-state index contributed by atoms with van der Waals surface area (Å²) in [5.41, 5.74) is 2.42. The Morgan fingerprint density at radius 3 is 2.30 bits per heavy atom. The minimum atomic E-state index is 0.0479. The Hall–Kier alpha value is -1.80. The molecule has 2 nitrogen and oxygen atoms in total. The Balaban J connectivity index is 2.21. The number of hydrogen-bond acceptors (Lipinski definition) is 2. The van der Waals surface area contributed by atoms with Crippen LogP contribution in [0, 0.1) is 0 Å². The summed E-state index contributed by atoms with van der Waals surface area (Å²) in [4.78, 5) is 0. The molecule has 2 unspecified atom stereocenters. The van der Waals surface area contributed by atoms with E-state index in [1.807, 2.05) is 31.3 Å². The predicted octanol–water partition coefficient (Wildman–Crippen LogP) is 4.50. The SMILES string of the molecule is CCC(NC)c1ccccc1OC(C)c1ccccc1. The average Bonchev–Trinajstić information content (AvgIpc) is 2.51. The summed E-state index contributed by atoms with van der Waals surface area (Å²) in [5, 5.41) is 3.34. The van der Waals surface area contributed by atoms with Gasteiger partial charge in [-0.15, -0.1) is 0 Å². The lowest BCUT2D eigenvalue weighted by Crippen LogP contribution is -2.17. The number of benzene rings is 2. The van der Waals surface area contributed by atoms with Gasteiger partial charge in [0.05, 0.1) is 0 Å². The molecule has 0 aliphatic carbocycles. The van der Waals surface area contributed by atoms with Crippen LogP contribution in [-0.4, -0.2) is 7.05 Å². The van der Waals surface area contributed by atoms with Gasteiger partial charge in [-0.25, -0.2) is 0 Å². The van der Waals surface area contributed by atoms with Crippen molar-refractivity contribution < 1.29 is 4.74 Å². The molecular formula is C18H23NO. The van der Waals surface area contributed by atoms with Crippen LogP contribution in [0.2, 0.25) is 0 Å². The summed E-state index contributed by atoms with van der Waals surface area (Å²) in [6.45, 7) is 4.27. The van der Waals surface area contributed by atoms with Gasteiger partial charge in [-0.1, -0.05) is 55.5 Å². The molecule has 0 amide bonds. The van der Waals surface area contributed by atoms with Gasteiger partial charge in [0.15, 0.2) is 0 Å². The summed E-state index contributed by atoms with van der Waals surface area (Å²) in [5.74, 6) is 0.963. The van der Waals surface area contributed by atoms with Crippen LogP contribution in [0.5, 0.6) is 5.75 Å². The highest BCUT2D eigenvalue weighted by Gasteiger charge is 2.14. The molecule has 0 spiro atoms. The van der Waals surface area contributed by atoms with E-state index in [-0.39, 0.29) is 6.10 Å². The van der Waals surface area contributed by atoms with Crippen LogP contribution in [0.15, 0.2) is 54.6 Å². The number of ether oxygens (including phenoxy) is 1. The molecule has 2 heteroatoms. The lowest BCUT2D eigenvalue weighted by Gasteiger charge is -2.22. The lowest BCUT2D eigenvalue weighted by molar-refractivity contribution is 0.222. The standard InChI is InChI=1S/C18H23NO/c1-4-17(19-3)16-12-8-9-13-18(16)20-14(2)15-10-6-5-7-11-15/h5-14,17,19H,4H2,1-3H3. The molecule has 1 N–H and O–H groups in total. The maximum absolute atomic E-state index is 6.18. The van der Waals surface area contributed by atoms with Crippen molar-refractivity contribution in [3.63, 3.8) is 0 Å². The zero-order valence-corrected chi connectivity index (χ0v) is 12.5. The second-order valence-corrected chi connectivity index (χ2v) is 4.96. The first-order valence-electron chi connectivity index (χ1n) is 7.24. The first-order valence-corrected chi connectivity index (χ1v) is 7.24. The van der Waals surface area contributed by atoms with E-state index < -0.39 is 0 Å². The average molecular weight is 269 g/mol. The van der Waals surface area contributed by atoms with Gasteiger partial charge in [-0.3, -0.25) is 0 Å². The highest BCUT2D eigenvalue weighted by Crippen LogP contribution is 2.30. The molecule has 0 aliphatic heterocycles. The van der Waals surface area contributed by atoms with Gasteiger partial charge in [0.25, 0.3) is 0 Å². The Kier molecular flexibility index (Phi) is 5.19. The fraction of sp³-hybridized carbons (Fsp3) is 0.333. The van der Waals surface area contributed by atoms with E-state index >= 15 is 0 Å². The third kappa shape index (κ3) is 3.40. The van der Waals surface area contributed by atoms with E-state index in [0.717, 1.165) is 12.2 Å². The molecule has 0 heterocycles. The summed E-state index contributed by atoms with van der Waals surface area (Å²) >= 11 is 0. The maximum Gasteiger partial charge on any atom is 0.124 e. The van der Waals surface area contributed by atoms with Crippen molar-refractivity contribution in [1.29, 1.82) is 0 Å². The van der Waals surface area contributed by atoms with Gasteiger partial charge in [0.1, 0.15) is 11.9 Å². The summed E-state index contributed by atoms with van der Waals surface area (Å²) in [7, 11) is 1.99. The van der Waals surface area contributed by atoms with Gasteiger partial charge in [0, 0.05) is 11.6 Å². The fourth-order valence-corrected chi connectivity index (χ4v) is 2.44. The second kappa shape index (κ2) is 7.11. The molecule has 106 valence electrons. The normalized spacial score (nSPS) is 13.8. The van der Waals surface area contributed by atoms with Crippen molar-refractivity contribution in [2.45, 2.75) is 32.4 Å². The molecular weight excluding hydrogens is 246 g/mol. The maximum atomic E-state index is 6.18. The molecule has 2 rings (SSSR count). The van der Waals surface area contributed by atoms with Crippen LogP contribution in [0.4, 0.5) is 0 Å². The third-order valence-corrected chi connectivity index (χ3v) is 3.62. The van der Waals surface area contributed by atoms with E-state index in [0.29, 0.717) is 6.04 Å². The van der Waals surface area contributed by atoms with Crippen LogP contribution in [0.1, 0.15) is 43.5 Å².